The monoisotopic (exact) mass is 296 g/mol. The lowest BCUT2D eigenvalue weighted by Gasteiger charge is -2.12. The van der Waals surface area contributed by atoms with Gasteiger partial charge in [0, 0.05) is 18.6 Å². The van der Waals surface area contributed by atoms with Crippen LogP contribution in [0.5, 0.6) is 0 Å². The summed E-state index contributed by atoms with van der Waals surface area (Å²) in [5, 5.41) is 21.6. The molecule has 7 nitrogen and oxygen atoms in total. The van der Waals surface area contributed by atoms with Gasteiger partial charge in [-0.05, 0) is 6.07 Å². The van der Waals surface area contributed by atoms with E-state index in [0.717, 1.165) is 12.1 Å². The number of carboxylic acids is 1. The van der Waals surface area contributed by atoms with Gasteiger partial charge in [-0.1, -0.05) is 11.6 Å². The largest absolute Gasteiger partial charge is 0.480 e. The molecule has 0 aliphatic rings. The highest BCUT2D eigenvalue weighted by atomic mass is 35.5. The van der Waals surface area contributed by atoms with Gasteiger partial charge in [0.1, 0.15) is 6.04 Å². The number of carbonyl (C=O) groups is 2. The summed E-state index contributed by atoms with van der Waals surface area (Å²) in [5.74, 6) is -0.0401. The van der Waals surface area contributed by atoms with Gasteiger partial charge in [0.15, 0.2) is 0 Å². The molecule has 0 saturated heterocycles. The standard InChI is InChI=1S/C12H9ClN2O5/c1-2-3-10(12(17)18)14-11(16)8-6-7(15(19)20)4-5-9(8)13/h1,4-6,10H,3H2,(H,14,16)(H,17,18). The Morgan fingerprint density at radius 2 is 2.20 bits per heavy atom. The Balaban J connectivity index is 3.02. The van der Waals surface area contributed by atoms with E-state index >= 15 is 0 Å². The topological polar surface area (TPSA) is 110 Å². The lowest BCUT2D eigenvalue weighted by atomic mass is 10.1. The van der Waals surface area contributed by atoms with Crippen LogP contribution in [0.4, 0.5) is 5.69 Å². The highest BCUT2D eigenvalue weighted by molar-refractivity contribution is 6.34. The van der Waals surface area contributed by atoms with Crippen molar-refractivity contribution in [1.29, 1.82) is 0 Å². The summed E-state index contributed by atoms with van der Waals surface area (Å²) in [7, 11) is 0. The molecule has 0 bridgehead atoms. The van der Waals surface area contributed by atoms with Gasteiger partial charge in [-0.25, -0.2) is 4.79 Å². The first kappa shape index (κ1) is 15.5. The van der Waals surface area contributed by atoms with E-state index in [1.54, 1.807) is 0 Å². The number of halogens is 1. The van der Waals surface area contributed by atoms with Crippen molar-refractivity contribution in [2.45, 2.75) is 12.5 Å². The predicted molar refractivity (Wildman–Crippen MR) is 70.4 cm³/mol. The van der Waals surface area contributed by atoms with Crippen LogP contribution >= 0.6 is 11.6 Å². The number of nitrogens with zero attached hydrogens (tertiary/aromatic N) is 1. The second kappa shape index (κ2) is 6.54. The average Bonchev–Trinajstić information content (AvgIpc) is 2.38. The number of aliphatic carboxylic acids is 1. The molecule has 0 heterocycles. The van der Waals surface area contributed by atoms with Crippen molar-refractivity contribution < 1.29 is 19.6 Å². The fourth-order valence-electron chi connectivity index (χ4n) is 1.35. The molecule has 0 aliphatic heterocycles. The van der Waals surface area contributed by atoms with Crippen LogP contribution < -0.4 is 5.32 Å². The van der Waals surface area contributed by atoms with Gasteiger partial charge < -0.3 is 10.4 Å². The number of amides is 1. The van der Waals surface area contributed by atoms with E-state index in [2.05, 4.69) is 11.2 Å². The highest BCUT2D eigenvalue weighted by Crippen LogP contribution is 2.22. The first-order valence-electron chi connectivity index (χ1n) is 5.28. The zero-order valence-electron chi connectivity index (χ0n) is 10.00. The SMILES string of the molecule is C#CCC(NC(=O)c1cc([N+](=O)[O-])ccc1Cl)C(=O)O. The van der Waals surface area contributed by atoms with Gasteiger partial charge in [0.2, 0.25) is 0 Å². The van der Waals surface area contributed by atoms with Gasteiger partial charge >= 0.3 is 5.97 Å². The first-order chi connectivity index (χ1) is 9.36. The second-order valence-electron chi connectivity index (χ2n) is 3.69. The van der Waals surface area contributed by atoms with Crippen molar-refractivity contribution in [2.24, 2.45) is 0 Å². The number of hydrogen-bond acceptors (Lipinski definition) is 4. The van der Waals surface area contributed by atoms with Crippen LogP contribution in [-0.4, -0.2) is 27.9 Å². The minimum absolute atomic E-state index is 0.0297. The minimum Gasteiger partial charge on any atom is -0.480 e. The van der Waals surface area contributed by atoms with Crippen LogP contribution in [0, 0.1) is 22.5 Å². The molecule has 2 N–H and O–H groups in total. The molecule has 1 atom stereocenters. The fourth-order valence-corrected chi connectivity index (χ4v) is 1.56. The molecule has 0 saturated carbocycles. The third-order valence-corrected chi connectivity index (χ3v) is 2.66. The van der Waals surface area contributed by atoms with Crippen molar-refractivity contribution >= 4 is 29.2 Å². The molecular weight excluding hydrogens is 288 g/mol. The zero-order valence-corrected chi connectivity index (χ0v) is 10.8. The molecule has 0 fully saturated rings. The number of rotatable bonds is 5. The fraction of sp³-hybridized carbons (Fsp3) is 0.167. The summed E-state index contributed by atoms with van der Waals surface area (Å²) in [4.78, 5) is 32.7. The Labute approximate surface area is 118 Å². The van der Waals surface area contributed by atoms with E-state index in [9.17, 15) is 19.7 Å². The van der Waals surface area contributed by atoms with Crippen LogP contribution in [-0.2, 0) is 4.79 Å². The Kier molecular flexibility index (Phi) is 5.06. The molecule has 1 aromatic carbocycles. The Bertz CT molecular complexity index is 608. The van der Waals surface area contributed by atoms with Gasteiger partial charge in [0.05, 0.1) is 15.5 Å². The molecule has 0 aromatic heterocycles. The van der Waals surface area contributed by atoms with Gasteiger partial charge in [0.25, 0.3) is 11.6 Å². The van der Waals surface area contributed by atoms with Crippen LogP contribution in [0.15, 0.2) is 18.2 Å². The Morgan fingerprint density at radius 3 is 2.70 bits per heavy atom. The summed E-state index contributed by atoms with van der Waals surface area (Å²) >= 11 is 5.76. The van der Waals surface area contributed by atoms with Gasteiger partial charge in [-0.2, -0.15) is 0 Å². The second-order valence-corrected chi connectivity index (χ2v) is 4.10. The molecule has 1 amide bonds. The maximum absolute atomic E-state index is 11.9. The number of nitro benzene ring substituents is 1. The molecule has 104 valence electrons. The first-order valence-corrected chi connectivity index (χ1v) is 5.65. The third-order valence-electron chi connectivity index (χ3n) is 2.33. The highest BCUT2D eigenvalue weighted by Gasteiger charge is 2.22. The molecule has 8 heteroatoms. The van der Waals surface area contributed by atoms with Crippen molar-refractivity contribution in [3.63, 3.8) is 0 Å². The quantitative estimate of drug-likeness (QED) is 0.485. The molecule has 20 heavy (non-hydrogen) atoms. The number of non-ortho nitro benzene ring substituents is 1. The molecule has 0 aliphatic carbocycles. The summed E-state index contributed by atoms with van der Waals surface area (Å²) in [6.07, 6.45) is 4.78. The number of benzene rings is 1. The lowest BCUT2D eigenvalue weighted by molar-refractivity contribution is -0.384. The van der Waals surface area contributed by atoms with Gasteiger partial charge in [-0.3, -0.25) is 14.9 Å². The van der Waals surface area contributed by atoms with Crippen molar-refractivity contribution in [3.05, 3.63) is 38.9 Å². The molecule has 1 rings (SSSR count). The number of terminal acetylenes is 1. The van der Waals surface area contributed by atoms with Crippen molar-refractivity contribution in [3.8, 4) is 12.3 Å². The molecule has 0 spiro atoms. The number of nitro groups is 1. The van der Waals surface area contributed by atoms with E-state index in [4.69, 9.17) is 23.1 Å². The van der Waals surface area contributed by atoms with Crippen LogP contribution in [0.2, 0.25) is 5.02 Å². The van der Waals surface area contributed by atoms with Crippen molar-refractivity contribution in [2.75, 3.05) is 0 Å². The summed E-state index contributed by atoms with van der Waals surface area (Å²) in [5.41, 5.74) is -0.521. The number of nitrogens with one attached hydrogen (secondary N) is 1. The normalized spacial score (nSPS) is 11.2. The van der Waals surface area contributed by atoms with Crippen LogP contribution in [0.25, 0.3) is 0 Å². The summed E-state index contributed by atoms with van der Waals surface area (Å²) < 4.78 is 0. The third kappa shape index (κ3) is 3.70. The Morgan fingerprint density at radius 1 is 1.55 bits per heavy atom. The maximum Gasteiger partial charge on any atom is 0.327 e. The maximum atomic E-state index is 11.9. The van der Waals surface area contributed by atoms with Crippen LogP contribution in [0.1, 0.15) is 16.8 Å². The summed E-state index contributed by atoms with van der Waals surface area (Å²) in [6, 6.07) is 2.00. The molecule has 1 aromatic rings. The number of carbonyl (C=O) groups excluding carboxylic acids is 1. The predicted octanol–water partition coefficient (Wildman–Crippen LogP) is 1.45. The van der Waals surface area contributed by atoms with E-state index in [1.165, 1.54) is 6.07 Å². The van der Waals surface area contributed by atoms with Crippen LogP contribution in [0.3, 0.4) is 0 Å². The lowest BCUT2D eigenvalue weighted by Crippen LogP contribution is -2.40. The molecular formula is C12H9ClN2O5. The average molecular weight is 297 g/mol. The van der Waals surface area contributed by atoms with E-state index in [0.29, 0.717) is 0 Å². The van der Waals surface area contributed by atoms with E-state index in [-0.39, 0.29) is 22.7 Å². The van der Waals surface area contributed by atoms with E-state index < -0.39 is 22.8 Å². The summed E-state index contributed by atoms with van der Waals surface area (Å²) in [6.45, 7) is 0. The number of carboxylic acid groups (broad SMARTS) is 1. The van der Waals surface area contributed by atoms with Crippen molar-refractivity contribution in [1.82, 2.24) is 5.32 Å². The van der Waals surface area contributed by atoms with Gasteiger partial charge in [-0.15, -0.1) is 12.3 Å². The Hall–Kier alpha value is -2.59. The van der Waals surface area contributed by atoms with E-state index in [1.807, 2.05) is 0 Å². The molecule has 0 radical (unpaired) electrons. The zero-order chi connectivity index (χ0) is 15.3. The minimum atomic E-state index is -1.31. The molecule has 1 unspecified atom stereocenters. The smallest absolute Gasteiger partial charge is 0.327 e. The number of hydrogen-bond donors (Lipinski definition) is 2.